The van der Waals surface area contributed by atoms with E-state index in [2.05, 4.69) is 48.1 Å². The number of carbonyl (C=O) groups is 1. The summed E-state index contributed by atoms with van der Waals surface area (Å²) >= 11 is 0. The predicted octanol–water partition coefficient (Wildman–Crippen LogP) is 8.61. The molecule has 0 saturated heterocycles. The lowest BCUT2D eigenvalue weighted by molar-refractivity contribution is -0.201. The number of aliphatic hydroxyl groups is 2. The van der Waals surface area contributed by atoms with Gasteiger partial charge in [0.05, 0.1) is 24.7 Å². The van der Waals surface area contributed by atoms with Crippen LogP contribution < -0.4 is 0 Å². The molecule has 0 spiro atoms. The molecule has 0 amide bonds. The number of carbonyl (C=O) groups excluding carboxylic acids is 1. The molecule has 6 unspecified atom stereocenters. The van der Waals surface area contributed by atoms with Crippen molar-refractivity contribution in [3.63, 3.8) is 0 Å². The Bertz CT molecular complexity index is 1000. The van der Waals surface area contributed by atoms with Gasteiger partial charge in [-0.25, -0.2) is 0 Å². The van der Waals surface area contributed by atoms with E-state index < -0.39 is 5.60 Å². The molecule has 2 N–H and O–H groups in total. The highest BCUT2D eigenvalue weighted by molar-refractivity contribution is 5.70. The minimum absolute atomic E-state index is 0.0941. The van der Waals surface area contributed by atoms with Crippen molar-refractivity contribution in [2.75, 3.05) is 20.3 Å². The number of esters is 1. The van der Waals surface area contributed by atoms with E-state index in [1.165, 1.54) is 56.9 Å². The summed E-state index contributed by atoms with van der Waals surface area (Å²) in [6.07, 6.45) is 13.4. The van der Waals surface area contributed by atoms with E-state index in [0.29, 0.717) is 66.0 Å². The Morgan fingerprint density at radius 3 is 2.23 bits per heavy atom. The van der Waals surface area contributed by atoms with Gasteiger partial charge < -0.3 is 19.7 Å². The van der Waals surface area contributed by atoms with E-state index in [4.69, 9.17) is 14.6 Å². The minimum atomic E-state index is -0.495. The number of fused-ring (bicyclic) bond motifs is 7. The van der Waals surface area contributed by atoms with Crippen LogP contribution in [0.4, 0.5) is 0 Å². The number of allylic oxidation sites excluding steroid dienone is 1. The average molecular weight is 617 g/mol. The summed E-state index contributed by atoms with van der Waals surface area (Å²) in [7, 11) is 1.00. The van der Waals surface area contributed by atoms with Gasteiger partial charge in [-0.2, -0.15) is 0 Å². The van der Waals surface area contributed by atoms with Crippen molar-refractivity contribution in [3.8, 4) is 0 Å². The predicted molar refractivity (Wildman–Crippen MR) is 179 cm³/mol. The topological polar surface area (TPSA) is 76.0 Å². The van der Waals surface area contributed by atoms with Gasteiger partial charge in [0.25, 0.3) is 0 Å². The standard InChI is InChI=1S/C38H64O4.CH4O/c1-24(2)16-21-42-35(6,7)22-33(40)41-23-38-19-12-27(25(3)4)34(38)28-10-11-32-36(8)18-15-31(39)26(5)29(36)13-17-37(32,9)30(28)14-20-38;1-2/h24,26-32,34,39H,3,10-23H2,1-2,4-9H3;2H,1H3/t26-,27?,28?,29?,30?,31+,32?,34?,36+,37+,38-;/m1./s1. The third-order valence-electron chi connectivity index (χ3n) is 14.2. The Labute approximate surface area is 270 Å². The molecule has 5 saturated carbocycles. The molecule has 5 fully saturated rings. The highest BCUT2D eigenvalue weighted by atomic mass is 16.5. The monoisotopic (exact) mass is 617 g/mol. The highest BCUT2D eigenvalue weighted by Gasteiger charge is 2.66. The van der Waals surface area contributed by atoms with Crippen LogP contribution in [0.15, 0.2) is 12.2 Å². The summed E-state index contributed by atoms with van der Waals surface area (Å²) in [6.45, 7) is 24.1. The first kappa shape index (κ1) is 35.9. The first-order chi connectivity index (χ1) is 20.6. The maximum atomic E-state index is 13.2. The third-order valence-corrected chi connectivity index (χ3v) is 14.2. The smallest absolute Gasteiger partial charge is 0.308 e. The van der Waals surface area contributed by atoms with Crippen molar-refractivity contribution in [3.05, 3.63) is 12.2 Å². The van der Waals surface area contributed by atoms with Crippen molar-refractivity contribution in [1.82, 2.24) is 0 Å². The number of aliphatic hydroxyl groups excluding tert-OH is 2. The van der Waals surface area contributed by atoms with Crippen molar-refractivity contribution in [2.45, 2.75) is 144 Å². The second kappa shape index (κ2) is 13.7. The second-order valence-electron chi connectivity index (χ2n) is 17.6. The molecule has 44 heavy (non-hydrogen) atoms. The van der Waals surface area contributed by atoms with Crippen molar-refractivity contribution < 1.29 is 24.5 Å². The van der Waals surface area contributed by atoms with E-state index in [0.717, 1.165) is 38.2 Å². The van der Waals surface area contributed by atoms with Crippen LogP contribution in [0.1, 0.15) is 132 Å². The summed E-state index contributed by atoms with van der Waals surface area (Å²) in [6, 6.07) is 0. The van der Waals surface area contributed by atoms with Crippen molar-refractivity contribution >= 4 is 5.97 Å². The van der Waals surface area contributed by atoms with Crippen LogP contribution in [0, 0.1) is 63.6 Å². The molecule has 5 rings (SSSR count). The lowest BCUT2D eigenvalue weighted by atomic mass is 9.37. The van der Waals surface area contributed by atoms with E-state index in [9.17, 15) is 9.90 Å². The molecule has 0 aromatic carbocycles. The van der Waals surface area contributed by atoms with Crippen LogP contribution in [0.2, 0.25) is 0 Å². The van der Waals surface area contributed by atoms with Gasteiger partial charge in [0.1, 0.15) is 0 Å². The van der Waals surface area contributed by atoms with Gasteiger partial charge in [0.2, 0.25) is 0 Å². The van der Waals surface area contributed by atoms with Gasteiger partial charge in [0, 0.05) is 19.1 Å². The van der Waals surface area contributed by atoms with Gasteiger partial charge >= 0.3 is 5.97 Å². The van der Waals surface area contributed by atoms with Gasteiger partial charge in [-0.3, -0.25) is 4.79 Å². The number of ether oxygens (including phenoxy) is 2. The van der Waals surface area contributed by atoms with E-state index in [-0.39, 0.29) is 17.5 Å². The number of hydrogen-bond acceptors (Lipinski definition) is 5. The fraction of sp³-hybridized carbons (Fsp3) is 0.923. The summed E-state index contributed by atoms with van der Waals surface area (Å²) in [5, 5.41) is 17.7. The molecule has 0 aromatic heterocycles. The molecule has 0 radical (unpaired) electrons. The van der Waals surface area contributed by atoms with Crippen LogP contribution >= 0.6 is 0 Å². The zero-order valence-electron chi connectivity index (χ0n) is 29.9. The molecular formula is C39H68O5. The summed E-state index contributed by atoms with van der Waals surface area (Å²) < 4.78 is 12.3. The summed E-state index contributed by atoms with van der Waals surface area (Å²) in [5.41, 5.74) is 1.67. The Kier molecular flexibility index (Phi) is 11.2. The molecular weight excluding hydrogens is 548 g/mol. The molecule has 0 heterocycles. The number of rotatable bonds is 9. The third kappa shape index (κ3) is 6.59. The van der Waals surface area contributed by atoms with Crippen LogP contribution in [-0.2, 0) is 14.3 Å². The molecule has 0 aliphatic heterocycles. The Morgan fingerprint density at radius 1 is 0.955 bits per heavy atom. The van der Waals surface area contributed by atoms with E-state index >= 15 is 0 Å². The first-order valence-electron chi connectivity index (χ1n) is 18.2. The first-order valence-corrected chi connectivity index (χ1v) is 18.2. The number of hydrogen-bond donors (Lipinski definition) is 2. The van der Waals surface area contributed by atoms with Gasteiger partial charge in [-0.1, -0.05) is 46.8 Å². The normalized spacial score (nSPS) is 43.1. The Hall–Kier alpha value is -0.910. The van der Waals surface area contributed by atoms with Gasteiger partial charge in [-0.15, -0.1) is 0 Å². The molecule has 5 nitrogen and oxygen atoms in total. The fourth-order valence-electron chi connectivity index (χ4n) is 12.1. The molecule has 0 aromatic rings. The lowest BCUT2D eigenvalue weighted by Gasteiger charge is -2.68. The van der Waals surface area contributed by atoms with Crippen molar-refractivity contribution in [2.24, 2.45) is 63.6 Å². The maximum absolute atomic E-state index is 13.2. The van der Waals surface area contributed by atoms with Gasteiger partial charge in [-0.05, 0) is 150 Å². The average Bonchev–Trinajstić information content (AvgIpc) is 3.35. The Balaban J connectivity index is 0.00000216. The molecule has 11 atom stereocenters. The zero-order valence-corrected chi connectivity index (χ0v) is 29.9. The molecule has 254 valence electrons. The highest BCUT2D eigenvalue weighted by Crippen LogP contribution is 2.72. The van der Waals surface area contributed by atoms with Gasteiger partial charge in [0.15, 0.2) is 0 Å². The summed E-state index contributed by atoms with van der Waals surface area (Å²) in [4.78, 5) is 13.2. The quantitative estimate of drug-likeness (QED) is 0.200. The van der Waals surface area contributed by atoms with Crippen LogP contribution in [0.3, 0.4) is 0 Å². The zero-order chi connectivity index (χ0) is 32.7. The maximum Gasteiger partial charge on any atom is 0.308 e. The molecule has 5 heteroatoms. The fourth-order valence-corrected chi connectivity index (χ4v) is 12.1. The SMILES string of the molecule is C=C(C)C1CC[C@]2(COC(=O)CC(C)(C)OCCC(C)C)CCC3C(CCC4[C@@]3(C)CCC3[C@@H](C)[C@@H](O)CC[C@@]34C)C12.CO. The molecule has 5 aliphatic carbocycles. The van der Waals surface area contributed by atoms with Crippen molar-refractivity contribution in [1.29, 1.82) is 0 Å². The molecule has 0 bridgehead atoms. The second-order valence-corrected chi connectivity index (χ2v) is 17.6. The molecule has 5 aliphatic rings. The minimum Gasteiger partial charge on any atom is -0.465 e. The summed E-state index contributed by atoms with van der Waals surface area (Å²) in [5.74, 6) is 4.90. The van der Waals surface area contributed by atoms with E-state index in [1.54, 1.807) is 0 Å². The van der Waals surface area contributed by atoms with Crippen LogP contribution in [-0.4, -0.2) is 48.2 Å². The lowest BCUT2D eigenvalue weighted by Crippen LogP contribution is -2.61. The Morgan fingerprint density at radius 2 is 1.57 bits per heavy atom. The van der Waals surface area contributed by atoms with Crippen LogP contribution in [0.25, 0.3) is 0 Å². The van der Waals surface area contributed by atoms with Crippen LogP contribution in [0.5, 0.6) is 0 Å². The van der Waals surface area contributed by atoms with E-state index in [1.807, 2.05) is 13.8 Å². The largest absolute Gasteiger partial charge is 0.465 e.